The maximum absolute atomic E-state index is 12.3. The van der Waals surface area contributed by atoms with Crippen molar-refractivity contribution in [1.29, 1.82) is 0 Å². The highest BCUT2D eigenvalue weighted by atomic mass is 32.1. The lowest BCUT2D eigenvalue weighted by atomic mass is 10.1. The van der Waals surface area contributed by atoms with Crippen LogP contribution in [0.25, 0.3) is 0 Å². The van der Waals surface area contributed by atoms with Crippen LogP contribution in [0.3, 0.4) is 0 Å². The van der Waals surface area contributed by atoms with Gasteiger partial charge in [0.25, 0.3) is 0 Å². The molecule has 1 N–H and O–H groups in total. The molecule has 1 amide bonds. The number of morpholine rings is 1. The second-order valence-electron chi connectivity index (χ2n) is 6.62. The van der Waals surface area contributed by atoms with Crippen LogP contribution < -0.4 is 5.32 Å². The van der Waals surface area contributed by atoms with Gasteiger partial charge in [-0.1, -0.05) is 13.8 Å². The lowest BCUT2D eigenvalue weighted by Gasteiger charge is -2.34. The quantitative estimate of drug-likeness (QED) is 0.904. The van der Waals surface area contributed by atoms with Gasteiger partial charge in [0, 0.05) is 34.9 Å². The minimum Gasteiger partial charge on any atom is -0.368 e. The van der Waals surface area contributed by atoms with Crippen molar-refractivity contribution in [3.05, 3.63) is 34.6 Å². The number of nitrogens with one attached hydrogen (secondary N) is 1. The predicted molar refractivity (Wildman–Crippen MR) is 99.2 cm³/mol. The van der Waals surface area contributed by atoms with E-state index in [9.17, 15) is 4.79 Å². The minimum absolute atomic E-state index is 0.00501. The van der Waals surface area contributed by atoms with Gasteiger partial charge in [-0.05, 0) is 26.0 Å². The van der Waals surface area contributed by atoms with Gasteiger partial charge < -0.3 is 15.0 Å². The van der Waals surface area contributed by atoms with E-state index in [4.69, 9.17) is 4.74 Å². The van der Waals surface area contributed by atoms with Crippen LogP contribution in [0.4, 0.5) is 10.8 Å². The number of carbonyl (C=O) groups excluding carboxylic acids is 1. The lowest BCUT2D eigenvalue weighted by Crippen LogP contribution is -2.44. The molecule has 6 nitrogen and oxygen atoms in total. The van der Waals surface area contributed by atoms with Crippen molar-refractivity contribution in [3.8, 4) is 0 Å². The summed E-state index contributed by atoms with van der Waals surface area (Å²) in [5.74, 6) is 0.159. The molecule has 3 heterocycles. The SMILES string of the molecule is Cc1cc(Nc2ncc(C)s2)cc(C2CN(C(=O)C(C)C)CCO2)n1. The van der Waals surface area contributed by atoms with Gasteiger partial charge in [-0.25, -0.2) is 4.98 Å². The first-order chi connectivity index (χ1) is 11.9. The van der Waals surface area contributed by atoms with E-state index in [0.29, 0.717) is 19.7 Å². The van der Waals surface area contributed by atoms with Crippen molar-refractivity contribution in [2.45, 2.75) is 33.8 Å². The molecule has 0 aliphatic carbocycles. The maximum atomic E-state index is 12.3. The predicted octanol–water partition coefficient (Wildman–Crippen LogP) is 3.45. The standard InChI is InChI=1S/C18H24N4O2S/c1-11(2)17(23)22-5-6-24-16(10-22)15-8-14(7-12(3)20-15)21-18-19-9-13(4)25-18/h7-9,11,16H,5-6,10H2,1-4H3,(H,19,20,21). The summed E-state index contributed by atoms with van der Waals surface area (Å²) in [6.45, 7) is 9.56. The maximum Gasteiger partial charge on any atom is 0.225 e. The Morgan fingerprint density at radius 2 is 2.20 bits per heavy atom. The Morgan fingerprint density at radius 1 is 1.40 bits per heavy atom. The summed E-state index contributed by atoms with van der Waals surface area (Å²) in [6, 6.07) is 3.97. The number of anilines is 2. The Hall–Kier alpha value is -1.99. The molecule has 2 aromatic heterocycles. The summed E-state index contributed by atoms with van der Waals surface area (Å²) in [5, 5.41) is 4.19. The summed E-state index contributed by atoms with van der Waals surface area (Å²) >= 11 is 1.61. The molecule has 1 fully saturated rings. The van der Waals surface area contributed by atoms with Crippen molar-refractivity contribution in [1.82, 2.24) is 14.9 Å². The molecule has 0 spiro atoms. The molecule has 0 saturated carbocycles. The van der Waals surface area contributed by atoms with Crippen LogP contribution in [0.5, 0.6) is 0 Å². The molecule has 0 radical (unpaired) electrons. The van der Waals surface area contributed by atoms with E-state index in [0.717, 1.165) is 27.1 Å². The summed E-state index contributed by atoms with van der Waals surface area (Å²) in [6.07, 6.45) is 1.65. The van der Waals surface area contributed by atoms with Gasteiger partial charge in [0.05, 0.1) is 18.8 Å². The van der Waals surface area contributed by atoms with Crippen LogP contribution >= 0.6 is 11.3 Å². The highest BCUT2D eigenvalue weighted by molar-refractivity contribution is 7.15. The van der Waals surface area contributed by atoms with E-state index >= 15 is 0 Å². The molecular weight excluding hydrogens is 336 g/mol. The smallest absolute Gasteiger partial charge is 0.225 e. The zero-order valence-corrected chi connectivity index (χ0v) is 15.9. The van der Waals surface area contributed by atoms with Crippen molar-refractivity contribution in [2.24, 2.45) is 5.92 Å². The average molecular weight is 360 g/mol. The molecule has 2 aromatic rings. The number of hydrogen-bond acceptors (Lipinski definition) is 6. The molecule has 1 aliphatic heterocycles. The van der Waals surface area contributed by atoms with Crippen molar-refractivity contribution in [2.75, 3.05) is 25.0 Å². The molecule has 1 unspecified atom stereocenters. The van der Waals surface area contributed by atoms with Gasteiger partial charge in [0.15, 0.2) is 5.13 Å². The van der Waals surface area contributed by atoms with E-state index in [2.05, 4.69) is 15.3 Å². The normalized spacial score (nSPS) is 17.8. The number of aromatic nitrogens is 2. The average Bonchev–Trinajstić information content (AvgIpc) is 2.98. The number of pyridine rings is 1. The molecule has 0 aromatic carbocycles. The van der Waals surface area contributed by atoms with Gasteiger partial charge in [-0.3, -0.25) is 9.78 Å². The number of nitrogens with zero attached hydrogens (tertiary/aromatic N) is 3. The highest BCUT2D eigenvalue weighted by Crippen LogP contribution is 2.27. The van der Waals surface area contributed by atoms with Gasteiger partial charge in [-0.2, -0.15) is 0 Å². The molecule has 1 aliphatic rings. The highest BCUT2D eigenvalue weighted by Gasteiger charge is 2.27. The number of hydrogen-bond donors (Lipinski definition) is 1. The monoisotopic (exact) mass is 360 g/mol. The van der Waals surface area contributed by atoms with Gasteiger partial charge in [0.2, 0.25) is 5.91 Å². The number of thiazole rings is 1. The first-order valence-corrected chi connectivity index (χ1v) is 9.32. The molecule has 1 atom stereocenters. The van der Waals surface area contributed by atoms with Crippen molar-refractivity contribution >= 4 is 28.1 Å². The Morgan fingerprint density at radius 3 is 2.88 bits per heavy atom. The van der Waals surface area contributed by atoms with E-state index in [1.807, 2.05) is 50.9 Å². The van der Waals surface area contributed by atoms with Gasteiger partial charge in [0.1, 0.15) is 6.10 Å². The van der Waals surface area contributed by atoms with Gasteiger partial charge in [-0.15, -0.1) is 11.3 Å². The molecule has 0 bridgehead atoms. The topological polar surface area (TPSA) is 67.4 Å². The van der Waals surface area contributed by atoms with E-state index in [1.165, 1.54) is 0 Å². The van der Waals surface area contributed by atoms with E-state index in [1.54, 1.807) is 11.3 Å². The van der Waals surface area contributed by atoms with Crippen LogP contribution in [-0.2, 0) is 9.53 Å². The third-order valence-corrected chi connectivity index (χ3v) is 4.88. The molecule has 3 rings (SSSR count). The zero-order chi connectivity index (χ0) is 18.0. The third kappa shape index (κ3) is 4.35. The van der Waals surface area contributed by atoms with Crippen molar-refractivity contribution < 1.29 is 9.53 Å². The van der Waals surface area contributed by atoms with E-state index in [-0.39, 0.29) is 17.9 Å². The van der Waals surface area contributed by atoms with Crippen LogP contribution in [0.2, 0.25) is 0 Å². The van der Waals surface area contributed by atoms with Crippen LogP contribution in [0.15, 0.2) is 18.3 Å². The van der Waals surface area contributed by atoms with Crippen LogP contribution in [0.1, 0.15) is 36.2 Å². The minimum atomic E-state index is -0.199. The fraction of sp³-hybridized carbons (Fsp3) is 0.500. The fourth-order valence-electron chi connectivity index (χ4n) is 2.86. The zero-order valence-electron chi connectivity index (χ0n) is 15.1. The largest absolute Gasteiger partial charge is 0.368 e. The van der Waals surface area contributed by atoms with Crippen LogP contribution in [-0.4, -0.2) is 40.5 Å². The van der Waals surface area contributed by atoms with Crippen molar-refractivity contribution in [3.63, 3.8) is 0 Å². The Kier molecular flexibility index (Phi) is 5.34. The first kappa shape index (κ1) is 17.8. The van der Waals surface area contributed by atoms with Crippen LogP contribution in [0, 0.1) is 19.8 Å². The summed E-state index contributed by atoms with van der Waals surface area (Å²) < 4.78 is 5.89. The molecular formula is C18H24N4O2S. The first-order valence-electron chi connectivity index (χ1n) is 8.51. The molecule has 7 heteroatoms. The number of ether oxygens (including phenoxy) is 1. The fourth-order valence-corrected chi connectivity index (χ4v) is 3.55. The molecule has 25 heavy (non-hydrogen) atoms. The Balaban J connectivity index is 1.78. The summed E-state index contributed by atoms with van der Waals surface area (Å²) in [7, 11) is 0. The van der Waals surface area contributed by atoms with E-state index < -0.39 is 0 Å². The number of rotatable bonds is 4. The summed E-state index contributed by atoms with van der Waals surface area (Å²) in [5.41, 5.74) is 2.69. The Bertz CT molecular complexity index is 759. The number of aryl methyl sites for hydroxylation is 2. The Labute approximate surface area is 152 Å². The molecule has 134 valence electrons. The third-order valence-electron chi connectivity index (χ3n) is 4.05. The second kappa shape index (κ2) is 7.49. The lowest BCUT2D eigenvalue weighted by molar-refractivity contribution is -0.142. The number of amides is 1. The summed E-state index contributed by atoms with van der Waals surface area (Å²) in [4.78, 5) is 24.3. The molecule has 1 saturated heterocycles. The number of carbonyl (C=O) groups is 1. The van der Waals surface area contributed by atoms with Gasteiger partial charge >= 0.3 is 0 Å². The second-order valence-corrected chi connectivity index (χ2v) is 7.86.